The normalized spacial score (nSPS) is 11.5. The van der Waals surface area contributed by atoms with Crippen molar-refractivity contribution in [2.75, 3.05) is 19.0 Å². The summed E-state index contributed by atoms with van der Waals surface area (Å²) in [5.74, 6) is 0.442. The van der Waals surface area contributed by atoms with Crippen molar-refractivity contribution in [1.82, 2.24) is 0 Å². The lowest BCUT2D eigenvalue weighted by Crippen LogP contribution is -2.22. The zero-order valence-electron chi connectivity index (χ0n) is 13.9. The smallest absolute Gasteiger partial charge is 0.422 e. The average molecular weight is 481 g/mol. The van der Waals surface area contributed by atoms with Crippen LogP contribution in [0.15, 0.2) is 53.5 Å². The predicted molar refractivity (Wildman–Crippen MR) is 105 cm³/mol. The van der Waals surface area contributed by atoms with Gasteiger partial charge in [-0.2, -0.15) is 13.2 Å². The molecule has 9 heteroatoms. The molecular weight excluding hydrogens is 462 g/mol. The van der Waals surface area contributed by atoms with Crippen LogP contribution < -0.4 is 20.5 Å². The van der Waals surface area contributed by atoms with E-state index in [0.717, 1.165) is 5.69 Å². The highest BCUT2D eigenvalue weighted by molar-refractivity contribution is 14.0. The molecule has 0 saturated carbocycles. The molecule has 0 aromatic heterocycles. The van der Waals surface area contributed by atoms with Crippen LogP contribution in [0.25, 0.3) is 0 Å². The fraction of sp³-hybridized carbons (Fsp3) is 0.235. The molecule has 0 unspecified atom stereocenters. The van der Waals surface area contributed by atoms with E-state index in [1.54, 1.807) is 12.1 Å². The number of guanidine groups is 1. The predicted octanol–water partition coefficient (Wildman–Crippen LogP) is 4.18. The number of methoxy groups -OCH3 is 1. The Balaban J connectivity index is 0.00000338. The number of hydrogen-bond donors (Lipinski definition) is 2. The number of nitrogens with two attached hydrogens (primary N) is 1. The number of para-hydroxylation sites is 1. The van der Waals surface area contributed by atoms with Crippen molar-refractivity contribution in [3.05, 3.63) is 54.1 Å². The number of alkyl halides is 3. The van der Waals surface area contributed by atoms with Crippen molar-refractivity contribution in [2.24, 2.45) is 10.7 Å². The fourth-order valence-corrected chi connectivity index (χ4v) is 1.97. The minimum atomic E-state index is -4.41. The topological polar surface area (TPSA) is 68.9 Å². The third-order valence-electron chi connectivity index (χ3n) is 3.10. The Morgan fingerprint density at radius 1 is 1.12 bits per heavy atom. The van der Waals surface area contributed by atoms with Gasteiger partial charge in [-0.05, 0) is 29.8 Å². The van der Waals surface area contributed by atoms with Gasteiger partial charge in [0.1, 0.15) is 0 Å². The van der Waals surface area contributed by atoms with E-state index in [9.17, 15) is 13.2 Å². The second-order valence-electron chi connectivity index (χ2n) is 5.08. The Bertz CT molecular complexity index is 725. The molecule has 0 aliphatic rings. The van der Waals surface area contributed by atoms with Crippen molar-refractivity contribution in [3.8, 4) is 11.5 Å². The lowest BCUT2D eigenvalue weighted by molar-refractivity contribution is -0.153. The molecule has 0 heterocycles. The summed E-state index contributed by atoms with van der Waals surface area (Å²) in [5.41, 5.74) is 7.33. The lowest BCUT2D eigenvalue weighted by atomic mass is 10.2. The van der Waals surface area contributed by atoms with E-state index in [0.29, 0.717) is 5.56 Å². The van der Waals surface area contributed by atoms with Gasteiger partial charge in [-0.1, -0.05) is 24.3 Å². The first-order valence-electron chi connectivity index (χ1n) is 7.36. The molecule has 0 fully saturated rings. The first-order chi connectivity index (χ1) is 11.9. The zero-order chi connectivity index (χ0) is 18.3. The number of aliphatic imine (C=N–C) groups is 1. The minimum Gasteiger partial charge on any atom is -0.493 e. The molecule has 0 spiro atoms. The highest BCUT2D eigenvalue weighted by Crippen LogP contribution is 2.30. The van der Waals surface area contributed by atoms with E-state index < -0.39 is 12.8 Å². The highest BCUT2D eigenvalue weighted by Gasteiger charge is 2.29. The molecule has 2 aromatic rings. The second kappa shape index (κ2) is 10.1. The number of nitrogens with one attached hydrogen (secondary N) is 1. The molecule has 0 aliphatic carbocycles. The van der Waals surface area contributed by atoms with Gasteiger partial charge in [0.2, 0.25) is 0 Å². The Hall–Kier alpha value is -2.17. The van der Waals surface area contributed by atoms with E-state index in [1.807, 2.05) is 30.3 Å². The molecular formula is C17H19F3IN3O2. The van der Waals surface area contributed by atoms with E-state index in [4.69, 9.17) is 15.2 Å². The molecule has 0 amide bonds. The van der Waals surface area contributed by atoms with Crippen molar-refractivity contribution >= 4 is 35.6 Å². The zero-order valence-corrected chi connectivity index (χ0v) is 16.2. The molecule has 3 N–H and O–H groups in total. The quantitative estimate of drug-likeness (QED) is 0.369. The van der Waals surface area contributed by atoms with E-state index >= 15 is 0 Å². The molecule has 0 bridgehead atoms. The van der Waals surface area contributed by atoms with Gasteiger partial charge in [0.25, 0.3) is 0 Å². The summed E-state index contributed by atoms with van der Waals surface area (Å²) in [6, 6.07) is 13.9. The number of anilines is 1. The van der Waals surface area contributed by atoms with Crippen LogP contribution in [0.5, 0.6) is 11.5 Å². The molecule has 0 atom stereocenters. The summed E-state index contributed by atoms with van der Waals surface area (Å²) in [7, 11) is 1.36. The molecule has 2 aromatic carbocycles. The van der Waals surface area contributed by atoms with E-state index in [1.165, 1.54) is 13.2 Å². The monoisotopic (exact) mass is 481 g/mol. The number of benzene rings is 2. The molecule has 2 rings (SSSR count). The van der Waals surface area contributed by atoms with Gasteiger partial charge >= 0.3 is 6.18 Å². The Morgan fingerprint density at radius 2 is 1.81 bits per heavy atom. The fourth-order valence-electron chi connectivity index (χ4n) is 1.97. The van der Waals surface area contributed by atoms with E-state index in [2.05, 4.69) is 10.3 Å². The maximum atomic E-state index is 12.2. The van der Waals surface area contributed by atoms with Gasteiger partial charge in [-0.25, -0.2) is 4.99 Å². The summed E-state index contributed by atoms with van der Waals surface area (Å²) in [6.45, 7) is -1.14. The van der Waals surface area contributed by atoms with Crippen LogP contribution in [-0.2, 0) is 6.54 Å². The van der Waals surface area contributed by atoms with Gasteiger partial charge in [0.05, 0.1) is 13.7 Å². The first kappa shape index (κ1) is 21.9. The number of nitrogens with zero attached hydrogens (tertiary/aromatic N) is 1. The molecule has 0 radical (unpaired) electrons. The number of ether oxygens (including phenoxy) is 2. The average Bonchev–Trinajstić information content (AvgIpc) is 2.58. The van der Waals surface area contributed by atoms with Crippen LogP contribution in [0.3, 0.4) is 0 Å². The van der Waals surface area contributed by atoms with Gasteiger partial charge in [-0.3, -0.25) is 0 Å². The minimum absolute atomic E-state index is 0. The number of rotatable bonds is 6. The summed E-state index contributed by atoms with van der Waals surface area (Å²) < 4.78 is 46.5. The molecule has 0 saturated heterocycles. The SMILES string of the molecule is COc1cc(CN=C(N)Nc2ccccc2)ccc1OCC(F)(F)F.I. The largest absolute Gasteiger partial charge is 0.493 e. The van der Waals surface area contributed by atoms with Crippen molar-refractivity contribution in [3.63, 3.8) is 0 Å². The third kappa shape index (κ3) is 7.38. The van der Waals surface area contributed by atoms with Crippen LogP contribution in [0.2, 0.25) is 0 Å². The van der Waals surface area contributed by atoms with Gasteiger partial charge < -0.3 is 20.5 Å². The Kier molecular flexibility index (Phi) is 8.49. The summed E-state index contributed by atoms with van der Waals surface area (Å²) >= 11 is 0. The standard InChI is InChI=1S/C17H18F3N3O2.HI/c1-24-15-9-12(7-8-14(15)25-11-17(18,19)20)10-22-16(21)23-13-5-3-2-4-6-13;/h2-9H,10-11H2,1H3,(H3,21,22,23);1H. The number of halogens is 4. The molecule has 0 aliphatic heterocycles. The van der Waals surface area contributed by atoms with Crippen LogP contribution in [0.4, 0.5) is 18.9 Å². The number of hydrogen-bond acceptors (Lipinski definition) is 3. The van der Waals surface area contributed by atoms with Crippen LogP contribution in [-0.4, -0.2) is 25.9 Å². The molecule has 5 nitrogen and oxygen atoms in total. The second-order valence-corrected chi connectivity index (χ2v) is 5.08. The molecule has 26 heavy (non-hydrogen) atoms. The van der Waals surface area contributed by atoms with Crippen LogP contribution in [0.1, 0.15) is 5.56 Å². The summed E-state index contributed by atoms with van der Waals surface area (Å²) in [5, 5.41) is 2.94. The van der Waals surface area contributed by atoms with E-state index in [-0.39, 0.29) is 48.0 Å². The maximum absolute atomic E-state index is 12.2. The van der Waals surface area contributed by atoms with Crippen LogP contribution in [0, 0.1) is 0 Å². The Labute approximate surface area is 166 Å². The summed E-state index contributed by atoms with van der Waals surface area (Å²) in [4.78, 5) is 4.19. The van der Waals surface area contributed by atoms with Crippen molar-refractivity contribution in [1.29, 1.82) is 0 Å². The van der Waals surface area contributed by atoms with Crippen molar-refractivity contribution in [2.45, 2.75) is 12.7 Å². The van der Waals surface area contributed by atoms with Gasteiger partial charge in [-0.15, -0.1) is 24.0 Å². The summed E-state index contributed by atoms with van der Waals surface area (Å²) in [6.07, 6.45) is -4.41. The van der Waals surface area contributed by atoms with Crippen LogP contribution >= 0.6 is 24.0 Å². The molecule has 142 valence electrons. The highest BCUT2D eigenvalue weighted by atomic mass is 127. The van der Waals surface area contributed by atoms with Gasteiger partial charge in [0.15, 0.2) is 24.1 Å². The van der Waals surface area contributed by atoms with Crippen molar-refractivity contribution < 1.29 is 22.6 Å². The van der Waals surface area contributed by atoms with Gasteiger partial charge in [0, 0.05) is 5.69 Å². The lowest BCUT2D eigenvalue weighted by Gasteiger charge is -2.13. The Morgan fingerprint density at radius 3 is 2.42 bits per heavy atom. The first-order valence-corrected chi connectivity index (χ1v) is 7.36. The maximum Gasteiger partial charge on any atom is 0.422 e. The third-order valence-corrected chi connectivity index (χ3v) is 3.10.